The van der Waals surface area contributed by atoms with Crippen LogP contribution < -0.4 is 5.56 Å². The number of ether oxygens (including phenoxy) is 1. The number of aromatic nitrogens is 3. The number of pyridine rings is 1. The number of thiophene rings is 1. The number of fused-ring (bicyclic) bond motifs is 1. The summed E-state index contributed by atoms with van der Waals surface area (Å²) in [4.78, 5) is 20.9. The van der Waals surface area contributed by atoms with Crippen LogP contribution in [-0.2, 0) is 23.9 Å². The van der Waals surface area contributed by atoms with E-state index < -0.39 is 22.7 Å². The predicted molar refractivity (Wildman–Crippen MR) is 108 cm³/mol. The topological polar surface area (TPSA) is 59.9 Å². The quantitative estimate of drug-likeness (QED) is 0.583. The minimum atomic E-state index is -4.71. The summed E-state index contributed by atoms with van der Waals surface area (Å²) in [7, 11) is 0. The largest absolute Gasteiger partial charge is 0.417 e. The van der Waals surface area contributed by atoms with Crippen molar-refractivity contribution in [3.63, 3.8) is 0 Å². The Kier molecular flexibility index (Phi) is 5.34. The third-order valence-electron chi connectivity index (χ3n) is 4.93. The van der Waals surface area contributed by atoms with E-state index >= 15 is 0 Å². The molecule has 1 aliphatic rings. The maximum atomic E-state index is 13.9. The van der Waals surface area contributed by atoms with E-state index in [4.69, 9.17) is 17.0 Å². The molecule has 154 valence electrons. The summed E-state index contributed by atoms with van der Waals surface area (Å²) in [5.74, 6) is 0. The van der Waals surface area contributed by atoms with Gasteiger partial charge in [0.05, 0.1) is 34.2 Å². The zero-order valence-electron chi connectivity index (χ0n) is 15.5. The molecular weight excluding hydrogens is 423 g/mol. The summed E-state index contributed by atoms with van der Waals surface area (Å²) in [5, 5.41) is -0.500. The maximum Gasteiger partial charge on any atom is 0.417 e. The number of aryl methyl sites for hydroxylation is 1. The molecule has 3 aromatic heterocycles. The van der Waals surface area contributed by atoms with Crippen molar-refractivity contribution >= 4 is 34.6 Å². The number of rotatable bonds is 4. The Bertz CT molecular complexity index is 1170. The highest BCUT2D eigenvalue weighted by molar-refractivity contribution is 7.71. The molecule has 0 aromatic carbocycles. The summed E-state index contributed by atoms with van der Waals surface area (Å²) >= 11 is 6.64. The second-order valence-corrected chi connectivity index (χ2v) is 8.43. The third-order valence-corrected chi connectivity index (χ3v) is 6.50. The number of halogens is 3. The fourth-order valence-corrected chi connectivity index (χ4v) is 4.65. The van der Waals surface area contributed by atoms with Gasteiger partial charge in [0.25, 0.3) is 5.56 Å². The molecule has 1 N–H and O–H groups in total. The molecule has 1 fully saturated rings. The summed E-state index contributed by atoms with van der Waals surface area (Å²) in [6.07, 6.45) is -2.46. The molecule has 1 saturated heterocycles. The van der Waals surface area contributed by atoms with Gasteiger partial charge in [-0.25, -0.2) is 4.98 Å². The van der Waals surface area contributed by atoms with Crippen LogP contribution in [0, 0.1) is 4.77 Å². The zero-order valence-corrected chi connectivity index (χ0v) is 17.1. The van der Waals surface area contributed by atoms with E-state index in [1.807, 2.05) is 13.0 Å². The standard InChI is InChI=1S/C19H18F3N3O2S2/c1-2-11-5-6-14(29-11)13-8-12(19(20,21)22)15-16(23-13)25(18(28)24-17(15)26)9-10-4-3-7-27-10/h5-6,8,10H,2-4,7,9H2,1H3,(H,24,26,28)/t10-/m0/s1. The lowest BCUT2D eigenvalue weighted by Crippen LogP contribution is -2.24. The SMILES string of the molecule is CCc1ccc(-c2cc(C(F)(F)F)c3c(=O)[nH]c(=S)n(C[C@@H]4CCCO4)c3n2)s1. The minimum absolute atomic E-state index is 0.0381. The Labute approximate surface area is 173 Å². The van der Waals surface area contributed by atoms with Crippen LogP contribution in [-0.4, -0.2) is 27.2 Å². The van der Waals surface area contributed by atoms with Crippen LogP contribution >= 0.6 is 23.6 Å². The average molecular weight is 442 g/mol. The Morgan fingerprint density at radius 1 is 1.41 bits per heavy atom. The number of aromatic amines is 1. The first-order valence-electron chi connectivity index (χ1n) is 9.23. The van der Waals surface area contributed by atoms with Gasteiger partial charge in [0.15, 0.2) is 4.77 Å². The van der Waals surface area contributed by atoms with Crippen LogP contribution in [0.15, 0.2) is 23.0 Å². The van der Waals surface area contributed by atoms with Crippen molar-refractivity contribution in [2.45, 2.75) is 45.0 Å². The molecule has 1 aliphatic heterocycles. The molecule has 0 unspecified atom stereocenters. The number of hydrogen-bond acceptors (Lipinski definition) is 5. The second kappa shape index (κ2) is 7.66. The van der Waals surface area contributed by atoms with Crippen molar-refractivity contribution in [2.75, 3.05) is 6.61 Å². The van der Waals surface area contributed by atoms with E-state index in [1.54, 1.807) is 6.07 Å². The van der Waals surface area contributed by atoms with Gasteiger partial charge in [-0.15, -0.1) is 11.3 Å². The monoisotopic (exact) mass is 441 g/mol. The van der Waals surface area contributed by atoms with Crippen LogP contribution in [0.3, 0.4) is 0 Å². The molecular formula is C19H18F3N3O2S2. The van der Waals surface area contributed by atoms with E-state index in [0.717, 1.165) is 30.2 Å². The summed E-state index contributed by atoms with van der Waals surface area (Å²) in [5.41, 5.74) is -1.79. The smallest absolute Gasteiger partial charge is 0.376 e. The lowest BCUT2D eigenvalue weighted by Gasteiger charge is -2.17. The van der Waals surface area contributed by atoms with Gasteiger partial charge >= 0.3 is 6.18 Å². The van der Waals surface area contributed by atoms with E-state index in [-0.39, 0.29) is 28.8 Å². The van der Waals surface area contributed by atoms with Gasteiger partial charge in [0.2, 0.25) is 0 Å². The van der Waals surface area contributed by atoms with E-state index in [1.165, 1.54) is 15.9 Å². The maximum absolute atomic E-state index is 13.9. The van der Waals surface area contributed by atoms with Gasteiger partial charge in [-0.2, -0.15) is 13.2 Å². The van der Waals surface area contributed by atoms with Gasteiger partial charge in [-0.1, -0.05) is 6.92 Å². The number of hydrogen-bond donors (Lipinski definition) is 1. The third kappa shape index (κ3) is 3.88. The molecule has 29 heavy (non-hydrogen) atoms. The van der Waals surface area contributed by atoms with Crippen molar-refractivity contribution in [3.8, 4) is 10.6 Å². The Morgan fingerprint density at radius 2 is 2.21 bits per heavy atom. The summed E-state index contributed by atoms with van der Waals surface area (Å²) < 4.78 is 48.7. The molecule has 4 rings (SSSR count). The van der Waals surface area contributed by atoms with Crippen molar-refractivity contribution < 1.29 is 17.9 Å². The first-order chi connectivity index (χ1) is 13.8. The molecule has 5 nitrogen and oxygen atoms in total. The first kappa shape index (κ1) is 20.2. The first-order valence-corrected chi connectivity index (χ1v) is 10.5. The van der Waals surface area contributed by atoms with Gasteiger partial charge < -0.3 is 4.74 Å². The highest BCUT2D eigenvalue weighted by Gasteiger charge is 2.36. The average Bonchev–Trinajstić information content (AvgIpc) is 3.35. The van der Waals surface area contributed by atoms with Gasteiger partial charge in [-0.05, 0) is 49.7 Å². The van der Waals surface area contributed by atoms with Crippen molar-refractivity contribution in [2.24, 2.45) is 0 Å². The van der Waals surface area contributed by atoms with Crippen LogP contribution in [0.5, 0.6) is 0 Å². The molecule has 0 amide bonds. The fourth-order valence-electron chi connectivity index (χ4n) is 3.49. The number of nitrogens with zero attached hydrogens (tertiary/aromatic N) is 2. The minimum Gasteiger partial charge on any atom is -0.376 e. The lowest BCUT2D eigenvalue weighted by molar-refractivity contribution is -0.136. The Morgan fingerprint density at radius 3 is 2.83 bits per heavy atom. The van der Waals surface area contributed by atoms with Gasteiger partial charge in [0.1, 0.15) is 5.65 Å². The molecule has 0 bridgehead atoms. The second-order valence-electron chi connectivity index (χ2n) is 6.88. The molecule has 0 saturated carbocycles. The molecule has 1 atom stereocenters. The summed E-state index contributed by atoms with van der Waals surface area (Å²) in [6, 6.07) is 4.57. The summed E-state index contributed by atoms with van der Waals surface area (Å²) in [6.45, 7) is 2.81. The van der Waals surface area contributed by atoms with Gasteiger partial charge in [0, 0.05) is 11.5 Å². The van der Waals surface area contributed by atoms with Crippen LogP contribution in [0.2, 0.25) is 0 Å². The Balaban J connectivity index is 2.01. The number of alkyl halides is 3. The van der Waals surface area contributed by atoms with E-state index in [9.17, 15) is 18.0 Å². The molecule has 10 heteroatoms. The highest BCUT2D eigenvalue weighted by atomic mass is 32.1. The van der Waals surface area contributed by atoms with Crippen molar-refractivity contribution in [3.05, 3.63) is 43.8 Å². The van der Waals surface area contributed by atoms with E-state index in [0.29, 0.717) is 11.5 Å². The molecule has 3 aromatic rings. The van der Waals surface area contributed by atoms with Gasteiger partial charge in [-0.3, -0.25) is 14.3 Å². The zero-order chi connectivity index (χ0) is 20.8. The predicted octanol–water partition coefficient (Wildman–Crippen LogP) is 4.94. The fraction of sp³-hybridized carbons (Fsp3) is 0.421. The van der Waals surface area contributed by atoms with Crippen LogP contribution in [0.4, 0.5) is 13.2 Å². The van der Waals surface area contributed by atoms with Crippen molar-refractivity contribution in [1.82, 2.24) is 14.5 Å². The highest BCUT2D eigenvalue weighted by Crippen LogP contribution is 2.37. The molecule has 0 aliphatic carbocycles. The van der Waals surface area contributed by atoms with E-state index in [2.05, 4.69) is 9.97 Å². The van der Waals surface area contributed by atoms with Crippen LogP contribution in [0.25, 0.3) is 21.6 Å². The molecule has 4 heterocycles. The Hall–Kier alpha value is -2.04. The van der Waals surface area contributed by atoms with Crippen LogP contribution in [0.1, 0.15) is 30.2 Å². The molecule has 0 radical (unpaired) electrons. The molecule has 0 spiro atoms. The normalized spacial score (nSPS) is 17.3. The number of nitrogens with one attached hydrogen (secondary N) is 1. The lowest BCUT2D eigenvalue weighted by atomic mass is 10.1. The number of H-pyrrole nitrogens is 1. The van der Waals surface area contributed by atoms with Crippen molar-refractivity contribution in [1.29, 1.82) is 0 Å².